The van der Waals surface area contributed by atoms with E-state index in [0.717, 1.165) is 5.57 Å². The minimum Gasteiger partial charge on any atom is -0.482 e. The van der Waals surface area contributed by atoms with Gasteiger partial charge in [-0.2, -0.15) is 0 Å². The smallest absolute Gasteiger partial charge is 0.311 e. The van der Waals surface area contributed by atoms with E-state index in [1.54, 1.807) is 13.0 Å². The van der Waals surface area contributed by atoms with Gasteiger partial charge >= 0.3 is 5.69 Å². The van der Waals surface area contributed by atoms with Gasteiger partial charge in [0.15, 0.2) is 5.75 Å². The van der Waals surface area contributed by atoms with E-state index in [-0.39, 0.29) is 24.7 Å². The van der Waals surface area contributed by atoms with Crippen LogP contribution in [-0.4, -0.2) is 16.6 Å². The molecule has 1 N–H and O–H groups in total. The Labute approximate surface area is 103 Å². The molecule has 0 aliphatic carbocycles. The van der Waals surface area contributed by atoms with Gasteiger partial charge in [-0.15, -0.1) is 0 Å². The van der Waals surface area contributed by atoms with Crippen LogP contribution in [0.5, 0.6) is 5.75 Å². The van der Waals surface area contributed by atoms with Crippen LogP contribution in [0.15, 0.2) is 29.3 Å². The van der Waals surface area contributed by atoms with Crippen LogP contribution >= 0.6 is 11.6 Å². The molecule has 0 unspecified atom stereocenters. The first-order valence-electron chi connectivity index (χ1n) is 4.85. The first-order chi connectivity index (χ1) is 8.08. The lowest BCUT2D eigenvalue weighted by molar-refractivity contribution is -0.385. The van der Waals surface area contributed by atoms with Gasteiger partial charge < -0.3 is 9.84 Å². The van der Waals surface area contributed by atoms with Crippen LogP contribution in [0.1, 0.15) is 12.5 Å². The van der Waals surface area contributed by atoms with E-state index in [1.807, 2.05) is 0 Å². The average molecular weight is 258 g/mol. The summed E-state index contributed by atoms with van der Waals surface area (Å²) in [5.74, 6) is 0.157. The highest BCUT2D eigenvalue weighted by molar-refractivity contribution is 6.25. The van der Waals surface area contributed by atoms with Crippen molar-refractivity contribution in [2.24, 2.45) is 0 Å². The zero-order valence-electron chi connectivity index (χ0n) is 9.22. The molecular formula is C11H12ClNO4. The SMILES string of the molecule is C/C(=C/Cl)COc1ccc(CO)cc1[N+](=O)[O-]. The fourth-order valence-electron chi connectivity index (χ4n) is 1.15. The van der Waals surface area contributed by atoms with Gasteiger partial charge in [-0.1, -0.05) is 17.7 Å². The third kappa shape index (κ3) is 3.72. The van der Waals surface area contributed by atoms with Crippen LogP contribution in [0.2, 0.25) is 0 Å². The van der Waals surface area contributed by atoms with Crippen LogP contribution in [-0.2, 0) is 6.61 Å². The summed E-state index contributed by atoms with van der Waals surface area (Å²) in [5, 5.41) is 19.7. The second kappa shape index (κ2) is 6.22. The molecule has 0 spiro atoms. The van der Waals surface area contributed by atoms with E-state index in [2.05, 4.69) is 0 Å². The van der Waals surface area contributed by atoms with Crippen LogP contribution in [0.3, 0.4) is 0 Å². The third-order valence-electron chi connectivity index (χ3n) is 2.04. The quantitative estimate of drug-likeness (QED) is 0.650. The zero-order valence-corrected chi connectivity index (χ0v) is 9.98. The molecule has 0 radical (unpaired) electrons. The average Bonchev–Trinajstić information content (AvgIpc) is 2.35. The number of hydrogen-bond donors (Lipinski definition) is 1. The summed E-state index contributed by atoms with van der Waals surface area (Å²) in [6.07, 6.45) is 0. The van der Waals surface area contributed by atoms with E-state index < -0.39 is 4.92 Å². The summed E-state index contributed by atoms with van der Waals surface area (Å²) in [4.78, 5) is 10.3. The Kier molecular flexibility index (Phi) is 4.93. The number of nitrogens with zero attached hydrogens (tertiary/aromatic N) is 1. The monoisotopic (exact) mass is 257 g/mol. The van der Waals surface area contributed by atoms with Gasteiger partial charge in [0.1, 0.15) is 6.61 Å². The Morgan fingerprint density at radius 2 is 2.35 bits per heavy atom. The van der Waals surface area contributed by atoms with Crippen LogP contribution in [0.4, 0.5) is 5.69 Å². The second-order valence-corrected chi connectivity index (χ2v) is 3.68. The van der Waals surface area contributed by atoms with E-state index in [1.165, 1.54) is 17.7 Å². The molecule has 92 valence electrons. The zero-order chi connectivity index (χ0) is 12.8. The van der Waals surface area contributed by atoms with Gasteiger partial charge in [-0.3, -0.25) is 10.1 Å². The fourth-order valence-corrected chi connectivity index (χ4v) is 1.21. The van der Waals surface area contributed by atoms with E-state index in [9.17, 15) is 10.1 Å². The molecule has 0 heterocycles. The predicted molar refractivity (Wildman–Crippen MR) is 64.1 cm³/mol. The highest BCUT2D eigenvalue weighted by atomic mass is 35.5. The molecule has 0 fully saturated rings. The Morgan fingerprint density at radius 3 is 2.88 bits per heavy atom. The van der Waals surface area contributed by atoms with Gasteiger partial charge in [0.05, 0.1) is 11.5 Å². The van der Waals surface area contributed by atoms with Crippen LogP contribution in [0, 0.1) is 10.1 Å². The first kappa shape index (κ1) is 13.5. The fraction of sp³-hybridized carbons (Fsp3) is 0.273. The van der Waals surface area contributed by atoms with Gasteiger partial charge in [0, 0.05) is 11.6 Å². The van der Waals surface area contributed by atoms with Crippen molar-refractivity contribution in [3.63, 3.8) is 0 Å². The molecule has 0 bridgehead atoms. The Balaban J connectivity index is 2.94. The van der Waals surface area contributed by atoms with Gasteiger partial charge in [-0.25, -0.2) is 0 Å². The number of aliphatic hydroxyl groups excluding tert-OH is 1. The molecule has 0 atom stereocenters. The Bertz CT molecular complexity index is 445. The summed E-state index contributed by atoms with van der Waals surface area (Å²) >= 11 is 5.46. The molecule has 0 saturated carbocycles. The van der Waals surface area contributed by atoms with E-state index in [4.69, 9.17) is 21.4 Å². The number of nitro groups is 1. The number of hydrogen-bond acceptors (Lipinski definition) is 4. The van der Waals surface area contributed by atoms with Crippen LogP contribution in [0.25, 0.3) is 0 Å². The highest BCUT2D eigenvalue weighted by Crippen LogP contribution is 2.28. The first-order valence-corrected chi connectivity index (χ1v) is 5.29. The molecule has 1 rings (SSSR count). The standard InChI is InChI=1S/C11H12ClNO4/c1-8(5-12)7-17-11-3-2-9(6-14)4-10(11)13(15)16/h2-5,14H,6-7H2,1H3/b8-5-. The number of ether oxygens (including phenoxy) is 1. The molecule has 0 saturated heterocycles. The summed E-state index contributed by atoms with van der Waals surface area (Å²) < 4.78 is 5.27. The van der Waals surface area contributed by atoms with Crippen molar-refractivity contribution < 1.29 is 14.8 Å². The summed E-state index contributed by atoms with van der Waals surface area (Å²) in [7, 11) is 0. The number of aliphatic hydroxyl groups is 1. The van der Waals surface area contributed by atoms with Crippen LogP contribution < -0.4 is 4.74 Å². The number of halogens is 1. The van der Waals surface area contributed by atoms with Crippen molar-refractivity contribution in [2.45, 2.75) is 13.5 Å². The van der Waals surface area contributed by atoms with E-state index >= 15 is 0 Å². The largest absolute Gasteiger partial charge is 0.482 e. The second-order valence-electron chi connectivity index (χ2n) is 3.46. The minimum atomic E-state index is -0.547. The molecule has 0 amide bonds. The molecular weight excluding hydrogens is 246 g/mol. The molecule has 1 aromatic rings. The minimum absolute atomic E-state index is 0.157. The maximum absolute atomic E-state index is 10.8. The number of nitro benzene ring substituents is 1. The molecule has 5 nitrogen and oxygen atoms in total. The van der Waals surface area contributed by atoms with Gasteiger partial charge in [0.2, 0.25) is 0 Å². The maximum Gasteiger partial charge on any atom is 0.311 e. The maximum atomic E-state index is 10.8. The van der Waals surface area contributed by atoms with Crippen molar-refractivity contribution in [1.29, 1.82) is 0 Å². The lowest BCUT2D eigenvalue weighted by Crippen LogP contribution is -2.02. The van der Waals surface area contributed by atoms with Crippen molar-refractivity contribution >= 4 is 17.3 Å². The van der Waals surface area contributed by atoms with Gasteiger partial charge in [0.25, 0.3) is 0 Å². The summed E-state index contributed by atoms with van der Waals surface area (Å²) in [6, 6.07) is 4.32. The van der Waals surface area contributed by atoms with Crippen molar-refractivity contribution in [3.8, 4) is 5.75 Å². The molecule has 0 aliphatic heterocycles. The summed E-state index contributed by atoms with van der Waals surface area (Å²) in [5.41, 5.74) is 2.41. The Morgan fingerprint density at radius 1 is 1.65 bits per heavy atom. The molecule has 0 aromatic heterocycles. The highest BCUT2D eigenvalue weighted by Gasteiger charge is 2.15. The number of rotatable bonds is 5. The summed E-state index contributed by atoms with van der Waals surface area (Å²) in [6.45, 7) is 1.69. The lowest BCUT2D eigenvalue weighted by Gasteiger charge is -2.07. The topological polar surface area (TPSA) is 72.6 Å². The predicted octanol–water partition coefficient (Wildman–Crippen LogP) is 2.61. The molecule has 6 heteroatoms. The van der Waals surface area contributed by atoms with E-state index in [0.29, 0.717) is 5.56 Å². The molecule has 1 aromatic carbocycles. The lowest BCUT2D eigenvalue weighted by atomic mass is 10.2. The normalized spacial score (nSPS) is 11.4. The van der Waals surface area contributed by atoms with Crippen molar-refractivity contribution in [2.75, 3.05) is 6.61 Å². The molecule has 0 aliphatic rings. The third-order valence-corrected chi connectivity index (χ3v) is 2.42. The molecule has 17 heavy (non-hydrogen) atoms. The Hall–Kier alpha value is -1.59. The van der Waals surface area contributed by atoms with Gasteiger partial charge in [-0.05, 0) is 24.1 Å². The van der Waals surface area contributed by atoms with Crippen molar-refractivity contribution in [3.05, 3.63) is 45.0 Å². The van der Waals surface area contributed by atoms with Crippen molar-refractivity contribution in [1.82, 2.24) is 0 Å². The number of benzene rings is 1.